The molecule has 1 aliphatic carbocycles. The predicted octanol–water partition coefficient (Wildman–Crippen LogP) is 6.78. The number of unbranched alkanes of at least 4 members (excludes halogenated alkanes) is 5. The van der Waals surface area contributed by atoms with Gasteiger partial charge in [0.25, 0.3) is 0 Å². The van der Waals surface area contributed by atoms with Crippen LogP contribution in [0.2, 0.25) is 0 Å². The van der Waals surface area contributed by atoms with Crippen LogP contribution in [0.1, 0.15) is 82.8 Å². The highest BCUT2D eigenvalue weighted by molar-refractivity contribution is 5.95. The molecule has 154 valence electrons. The van der Waals surface area contributed by atoms with E-state index in [9.17, 15) is 4.79 Å². The van der Waals surface area contributed by atoms with E-state index in [2.05, 4.69) is 54.6 Å². The van der Waals surface area contributed by atoms with Crippen molar-refractivity contribution in [3.8, 4) is 0 Å². The molecule has 1 aromatic heterocycles. The molecule has 0 fully saturated rings. The van der Waals surface area contributed by atoms with Crippen molar-refractivity contribution in [2.45, 2.75) is 78.7 Å². The minimum absolute atomic E-state index is 0.0543. The van der Waals surface area contributed by atoms with Crippen LogP contribution in [0.25, 0.3) is 0 Å². The number of Topliss-reactive ketones (excluding diaryl/α,β-unsaturated/α-hetero) is 1. The molecule has 1 aromatic rings. The van der Waals surface area contributed by atoms with Gasteiger partial charge in [-0.25, -0.2) is 4.98 Å². The number of aryl methyl sites for hydroxylation is 1. The molecule has 2 rings (SSSR count). The lowest BCUT2D eigenvalue weighted by atomic mass is 9.76. The summed E-state index contributed by atoms with van der Waals surface area (Å²) in [6.07, 6.45) is 25.9. The molecule has 0 radical (unpaired) electrons. The Morgan fingerprint density at radius 3 is 2.36 bits per heavy atom. The van der Waals surface area contributed by atoms with Crippen molar-refractivity contribution >= 4 is 5.78 Å². The summed E-state index contributed by atoms with van der Waals surface area (Å²) < 4.78 is 2.05. The maximum absolute atomic E-state index is 13.6. The van der Waals surface area contributed by atoms with Crippen LogP contribution in [0.4, 0.5) is 0 Å². The van der Waals surface area contributed by atoms with Crippen molar-refractivity contribution in [3.05, 3.63) is 54.7 Å². The highest BCUT2D eigenvalue weighted by Gasteiger charge is 2.33. The first-order valence-corrected chi connectivity index (χ1v) is 11.3. The lowest BCUT2D eigenvalue weighted by Gasteiger charge is -2.27. The van der Waals surface area contributed by atoms with Gasteiger partial charge in [0.2, 0.25) is 5.78 Å². The number of allylic oxidation sites excluding steroid dienone is 6. The number of rotatable bonds is 13. The first-order chi connectivity index (χ1) is 13.7. The van der Waals surface area contributed by atoms with Crippen molar-refractivity contribution in [2.24, 2.45) is 17.8 Å². The minimum Gasteiger partial charge on any atom is -0.329 e. The van der Waals surface area contributed by atoms with Crippen LogP contribution in [0.15, 0.2) is 48.8 Å². The summed E-state index contributed by atoms with van der Waals surface area (Å²) in [4.78, 5) is 18.1. The maximum atomic E-state index is 13.6. The lowest BCUT2D eigenvalue weighted by molar-refractivity contribution is 0.0831. The van der Waals surface area contributed by atoms with Gasteiger partial charge in [0.1, 0.15) is 0 Å². The third-order valence-electron chi connectivity index (χ3n) is 5.78. The van der Waals surface area contributed by atoms with Gasteiger partial charge in [-0.15, -0.1) is 0 Å². The number of nitrogens with zero attached hydrogens (tertiary/aromatic N) is 2. The lowest BCUT2D eigenvalue weighted by Crippen LogP contribution is -2.30. The molecule has 0 amide bonds. The smallest absolute Gasteiger partial charge is 0.202 e. The fourth-order valence-corrected chi connectivity index (χ4v) is 4.07. The van der Waals surface area contributed by atoms with Crippen molar-refractivity contribution < 1.29 is 4.79 Å². The molecule has 0 spiro atoms. The quantitative estimate of drug-likeness (QED) is 0.278. The van der Waals surface area contributed by atoms with E-state index in [1.165, 1.54) is 32.1 Å². The van der Waals surface area contributed by atoms with Gasteiger partial charge >= 0.3 is 0 Å². The summed E-state index contributed by atoms with van der Waals surface area (Å²) in [5, 5.41) is 0. The zero-order chi connectivity index (χ0) is 20.2. The molecule has 0 aliphatic heterocycles. The number of hydrogen-bond donors (Lipinski definition) is 0. The van der Waals surface area contributed by atoms with Crippen LogP contribution in [0.5, 0.6) is 0 Å². The molecule has 0 saturated carbocycles. The Labute approximate surface area is 171 Å². The first kappa shape index (κ1) is 22.4. The molecule has 0 saturated heterocycles. The SMILES string of the molecule is CCCCCCC[C@@H](C)C(C(=O)c1nccn1CCCC)C1C=CC=CC=C1. The van der Waals surface area contributed by atoms with Gasteiger partial charge in [-0.1, -0.05) is 95.8 Å². The van der Waals surface area contributed by atoms with Gasteiger partial charge in [0.05, 0.1) is 0 Å². The number of carbonyl (C=O) groups excluding carboxylic acids is 1. The Bertz CT molecular complexity index is 652. The second kappa shape index (κ2) is 12.5. The van der Waals surface area contributed by atoms with E-state index in [1.807, 2.05) is 18.3 Å². The third-order valence-corrected chi connectivity index (χ3v) is 5.78. The van der Waals surface area contributed by atoms with Crippen LogP contribution >= 0.6 is 0 Å². The van der Waals surface area contributed by atoms with E-state index < -0.39 is 0 Å². The van der Waals surface area contributed by atoms with Gasteiger partial charge in [0.15, 0.2) is 5.82 Å². The first-order valence-electron chi connectivity index (χ1n) is 11.3. The molecule has 1 heterocycles. The van der Waals surface area contributed by atoms with Crippen LogP contribution in [0.3, 0.4) is 0 Å². The molecule has 1 aliphatic rings. The van der Waals surface area contributed by atoms with E-state index in [0.717, 1.165) is 25.8 Å². The molecule has 2 atom stereocenters. The maximum Gasteiger partial charge on any atom is 0.202 e. The molecular formula is C25H38N2O. The monoisotopic (exact) mass is 382 g/mol. The molecule has 0 N–H and O–H groups in total. The van der Waals surface area contributed by atoms with Crippen molar-refractivity contribution in [2.75, 3.05) is 0 Å². The number of ketones is 1. The van der Waals surface area contributed by atoms with E-state index in [4.69, 9.17) is 0 Å². The molecule has 0 aromatic carbocycles. The normalized spacial score (nSPS) is 16.2. The van der Waals surface area contributed by atoms with Crippen LogP contribution in [0, 0.1) is 17.8 Å². The van der Waals surface area contributed by atoms with Gasteiger partial charge in [0, 0.05) is 30.8 Å². The average molecular weight is 383 g/mol. The Balaban J connectivity index is 2.15. The average Bonchev–Trinajstić information content (AvgIpc) is 3.01. The number of imidazole rings is 1. The Hall–Kier alpha value is -1.90. The highest BCUT2D eigenvalue weighted by atomic mass is 16.1. The highest BCUT2D eigenvalue weighted by Crippen LogP contribution is 2.32. The van der Waals surface area contributed by atoms with Gasteiger partial charge in [-0.2, -0.15) is 0 Å². The van der Waals surface area contributed by atoms with E-state index in [0.29, 0.717) is 11.7 Å². The summed E-state index contributed by atoms with van der Waals surface area (Å²) >= 11 is 0. The summed E-state index contributed by atoms with van der Waals surface area (Å²) in [6, 6.07) is 0. The third kappa shape index (κ3) is 6.61. The second-order valence-corrected chi connectivity index (χ2v) is 8.10. The van der Waals surface area contributed by atoms with E-state index >= 15 is 0 Å². The van der Waals surface area contributed by atoms with Crippen molar-refractivity contribution in [1.29, 1.82) is 0 Å². The van der Waals surface area contributed by atoms with Crippen LogP contribution in [-0.4, -0.2) is 15.3 Å². The largest absolute Gasteiger partial charge is 0.329 e. The molecule has 0 bridgehead atoms. The molecule has 3 nitrogen and oxygen atoms in total. The van der Waals surface area contributed by atoms with Crippen molar-refractivity contribution in [3.63, 3.8) is 0 Å². The van der Waals surface area contributed by atoms with Gasteiger partial charge in [-0.05, 0) is 18.8 Å². The summed E-state index contributed by atoms with van der Waals surface area (Å²) in [5.41, 5.74) is 0. The molecule has 1 unspecified atom stereocenters. The molecule has 28 heavy (non-hydrogen) atoms. The fraction of sp³-hybridized carbons (Fsp3) is 0.600. The summed E-state index contributed by atoms with van der Waals surface area (Å²) in [5.74, 6) is 1.24. The zero-order valence-electron chi connectivity index (χ0n) is 18.0. The molecule has 3 heteroatoms. The van der Waals surface area contributed by atoms with E-state index in [-0.39, 0.29) is 17.6 Å². The standard InChI is InChI=1S/C25H38N2O/c1-4-6-8-9-12-15-21(3)23(22-16-13-10-11-14-17-22)24(28)25-26-18-20-27(25)19-7-5-2/h10-11,13-14,16-18,20-23H,4-9,12,15,19H2,1-3H3/t21-,23?/m1/s1. The van der Waals surface area contributed by atoms with Gasteiger partial charge in [-0.3, -0.25) is 4.79 Å². The van der Waals surface area contributed by atoms with Crippen LogP contribution in [-0.2, 0) is 6.54 Å². The Kier molecular flexibility index (Phi) is 10.0. The van der Waals surface area contributed by atoms with Crippen molar-refractivity contribution in [1.82, 2.24) is 9.55 Å². The Morgan fingerprint density at radius 2 is 1.68 bits per heavy atom. The summed E-state index contributed by atoms with van der Waals surface area (Å²) in [6.45, 7) is 7.54. The second-order valence-electron chi connectivity index (χ2n) is 8.10. The number of carbonyl (C=O) groups is 1. The van der Waals surface area contributed by atoms with Gasteiger partial charge < -0.3 is 4.57 Å². The fourth-order valence-electron chi connectivity index (χ4n) is 4.07. The number of aromatic nitrogens is 2. The van der Waals surface area contributed by atoms with Crippen LogP contribution < -0.4 is 0 Å². The minimum atomic E-state index is -0.0543. The molecular weight excluding hydrogens is 344 g/mol. The van der Waals surface area contributed by atoms with E-state index in [1.54, 1.807) is 6.20 Å². The summed E-state index contributed by atoms with van der Waals surface area (Å²) in [7, 11) is 0. The zero-order valence-corrected chi connectivity index (χ0v) is 18.0. The Morgan fingerprint density at radius 1 is 1.00 bits per heavy atom. The topological polar surface area (TPSA) is 34.9 Å². The number of hydrogen-bond acceptors (Lipinski definition) is 2. The predicted molar refractivity (Wildman–Crippen MR) is 118 cm³/mol.